The van der Waals surface area contributed by atoms with Crippen LogP contribution in [0.4, 0.5) is 18.9 Å². The molecular formula is C18H17ClF3N3O2. The van der Waals surface area contributed by atoms with E-state index in [4.69, 9.17) is 16.3 Å². The highest BCUT2D eigenvalue weighted by atomic mass is 35.5. The van der Waals surface area contributed by atoms with Crippen molar-refractivity contribution < 1.29 is 22.6 Å². The summed E-state index contributed by atoms with van der Waals surface area (Å²) >= 11 is 5.90. The molecule has 0 atom stereocenters. The quantitative estimate of drug-likeness (QED) is 0.803. The van der Waals surface area contributed by atoms with E-state index < -0.39 is 6.36 Å². The number of rotatable bonds is 5. The molecule has 0 spiro atoms. The van der Waals surface area contributed by atoms with Crippen molar-refractivity contribution in [1.29, 1.82) is 0 Å². The van der Waals surface area contributed by atoms with Gasteiger partial charge in [-0.1, -0.05) is 35.9 Å². The summed E-state index contributed by atoms with van der Waals surface area (Å²) in [6.45, 7) is 0.790. The summed E-state index contributed by atoms with van der Waals surface area (Å²) in [6.07, 6.45) is -3.03. The van der Waals surface area contributed by atoms with Crippen molar-refractivity contribution in [3.8, 4) is 5.75 Å². The third-order valence-electron chi connectivity index (χ3n) is 3.77. The zero-order chi connectivity index (χ0) is 19.4. The van der Waals surface area contributed by atoms with Crippen molar-refractivity contribution in [2.24, 2.45) is 0 Å². The van der Waals surface area contributed by atoms with Gasteiger partial charge in [0.05, 0.1) is 13.3 Å². The summed E-state index contributed by atoms with van der Waals surface area (Å²) < 4.78 is 47.5. The lowest BCUT2D eigenvalue weighted by molar-refractivity contribution is -0.274. The van der Waals surface area contributed by atoms with Crippen LogP contribution in [-0.2, 0) is 11.3 Å². The summed E-state index contributed by atoms with van der Waals surface area (Å²) in [5.41, 5.74) is 4.16. The molecule has 5 nitrogen and oxygen atoms in total. The number of nitrogens with one attached hydrogen (secondary N) is 1. The molecule has 0 radical (unpaired) electrons. The second-order valence-electron chi connectivity index (χ2n) is 5.77. The molecule has 144 valence electrons. The predicted molar refractivity (Wildman–Crippen MR) is 95.7 cm³/mol. The Morgan fingerprint density at radius 3 is 2.48 bits per heavy atom. The van der Waals surface area contributed by atoms with Crippen LogP contribution in [0.2, 0.25) is 5.02 Å². The largest absolute Gasteiger partial charge is 0.573 e. The first kappa shape index (κ1) is 19.0. The van der Waals surface area contributed by atoms with Crippen LogP contribution >= 0.6 is 11.6 Å². The van der Waals surface area contributed by atoms with Crippen molar-refractivity contribution in [2.45, 2.75) is 12.9 Å². The van der Waals surface area contributed by atoms with E-state index in [-0.39, 0.29) is 18.1 Å². The van der Waals surface area contributed by atoms with Gasteiger partial charge in [-0.05, 0) is 29.8 Å². The molecule has 0 saturated carbocycles. The maximum atomic E-state index is 12.7. The van der Waals surface area contributed by atoms with Gasteiger partial charge in [0.25, 0.3) is 0 Å². The van der Waals surface area contributed by atoms with Crippen LogP contribution in [0.25, 0.3) is 0 Å². The summed E-state index contributed by atoms with van der Waals surface area (Å²) in [6, 6.07) is 13.2. The number of hydrazine groups is 1. The first-order valence-corrected chi connectivity index (χ1v) is 8.35. The maximum Gasteiger partial charge on any atom is 0.573 e. The van der Waals surface area contributed by atoms with Crippen LogP contribution in [0, 0.1) is 0 Å². The molecule has 0 fully saturated rings. The molecule has 1 aliphatic heterocycles. The first-order valence-electron chi connectivity index (χ1n) is 7.97. The number of methoxy groups -OCH3 is 1. The lowest BCUT2D eigenvalue weighted by atomic mass is 10.2. The van der Waals surface area contributed by atoms with Crippen molar-refractivity contribution >= 4 is 17.3 Å². The highest BCUT2D eigenvalue weighted by Crippen LogP contribution is 2.33. The van der Waals surface area contributed by atoms with Gasteiger partial charge in [0.15, 0.2) is 5.75 Å². The smallest absolute Gasteiger partial charge is 0.480 e. The Hall–Kier alpha value is -2.74. The van der Waals surface area contributed by atoms with E-state index >= 15 is 0 Å². The van der Waals surface area contributed by atoms with Gasteiger partial charge in [-0.15, -0.1) is 13.2 Å². The lowest BCUT2D eigenvalue weighted by Crippen LogP contribution is -2.49. The minimum absolute atomic E-state index is 0.235. The molecule has 3 rings (SSSR count). The number of nitrogens with zero attached hydrogens (tertiary/aromatic N) is 2. The van der Waals surface area contributed by atoms with Crippen LogP contribution < -0.4 is 15.2 Å². The minimum Gasteiger partial charge on any atom is -0.480 e. The van der Waals surface area contributed by atoms with Gasteiger partial charge in [0.1, 0.15) is 12.4 Å². The molecule has 0 unspecified atom stereocenters. The summed E-state index contributed by atoms with van der Waals surface area (Å²) in [7, 11) is 1.47. The number of ether oxygens (including phenoxy) is 2. The van der Waals surface area contributed by atoms with E-state index in [2.05, 4.69) is 10.2 Å². The summed E-state index contributed by atoms with van der Waals surface area (Å²) in [5, 5.41) is 2.16. The molecule has 1 aliphatic rings. The average molecular weight is 400 g/mol. The molecule has 9 heteroatoms. The SMILES string of the molecule is COC1=CN(Cc2ccc(Cl)cc2)CN(c2ccccc2OC(F)(F)F)N1. The fourth-order valence-electron chi connectivity index (χ4n) is 2.63. The molecule has 2 aromatic rings. The number of anilines is 1. The van der Waals surface area contributed by atoms with E-state index in [0.717, 1.165) is 5.56 Å². The van der Waals surface area contributed by atoms with Crippen molar-refractivity contribution in [3.63, 3.8) is 0 Å². The fourth-order valence-corrected chi connectivity index (χ4v) is 2.76. The van der Waals surface area contributed by atoms with Crippen LogP contribution in [-0.4, -0.2) is 25.0 Å². The normalized spacial score (nSPS) is 14.5. The van der Waals surface area contributed by atoms with Crippen molar-refractivity contribution in [2.75, 3.05) is 18.8 Å². The van der Waals surface area contributed by atoms with Gasteiger partial charge in [-0.2, -0.15) is 0 Å². The van der Waals surface area contributed by atoms with Gasteiger partial charge in [-0.3, -0.25) is 10.4 Å². The zero-order valence-corrected chi connectivity index (χ0v) is 15.1. The molecule has 0 bridgehead atoms. The summed E-state index contributed by atoms with van der Waals surface area (Å²) in [4.78, 5) is 1.89. The summed E-state index contributed by atoms with van der Waals surface area (Å²) in [5.74, 6) is 0.0818. The number of para-hydroxylation sites is 2. The maximum absolute atomic E-state index is 12.7. The molecule has 1 N–H and O–H groups in total. The molecule has 2 aromatic carbocycles. The second kappa shape index (κ2) is 7.87. The molecule has 0 amide bonds. The average Bonchev–Trinajstić information content (AvgIpc) is 2.62. The Kier molecular flexibility index (Phi) is 5.55. The monoisotopic (exact) mass is 399 g/mol. The van der Waals surface area contributed by atoms with Gasteiger partial charge >= 0.3 is 6.36 Å². The van der Waals surface area contributed by atoms with Crippen LogP contribution in [0.1, 0.15) is 5.56 Å². The van der Waals surface area contributed by atoms with Crippen LogP contribution in [0.3, 0.4) is 0 Å². The highest BCUT2D eigenvalue weighted by molar-refractivity contribution is 6.30. The van der Waals surface area contributed by atoms with Gasteiger partial charge in [0, 0.05) is 11.6 Å². The Morgan fingerprint density at radius 2 is 1.81 bits per heavy atom. The van der Waals surface area contributed by atoms with Gasteiger partial charge in [-0.25, -0.2) is 0 Å². The Morgan fingerprint density at radius 1 is 1.11 bits per heavy atom. The third-order valence-corrected chi connectivity index (χ3v) is 4.02. The Bertz CT molecular complexity index is 812. The van der Waals surface area contributed by atoms with E-state index in [1.165, 1.54) is 30.3 Å². The number of hydrogen-bond donors (Lipinski definition) is 1. The molecule has 1 heterocycles. The standard InChI is InChI=1S/C18H17ClF3N3O2/c1-26-17-11-24(10-13-6-8-14(19)9-7-13)12-25(23-17)15-4-2-3-5-16(15)27-18(20,21)22/h2-9,11,23H,10,12H2,1H3. The van der Waals surface area contributed by atoms with Crippen LogP contribution in [0.15, 0.2) is 60.6 Å². The third kappa shape index (κ3) is 5.13. The molecule has 27 heavy (non-hydrogen) atoms. The predicted octanol–water partition coefficient (Wildman–Crippen LogP) is 4.47. The minimum atomic E-state index is -4.78. The molecule has 0 saturated heterocycles. The fraction of sp³-hybridized carbons (Fsp3) is 0.222. The zero-order valence-electron chi connectivity index (χ0n) is 14.3. The molecule has 0 aliphatic carbocycles. The number of benzene rings is 2. The second-order valence-corrected chi connectivity index (χ2v) is 6.20. The van der Waals surface area contributed by atoms with Crippen LogP contribution in [0.5, 0.6) is 5.75 Å². The molecular weight excluding hydrogens is 383 g/mol. The van der Waals surface area contributed by atoms with E-state index in [1.807, 2.05) is 17.0 Å². The number of halogens is 4. The highest BCUT2D eigenvalue weighted by Gasteiger charge is 2.33. The molecule has 0 aromatic heterocycles. The van der Waals surface area contributed by atoms with Gasteiger partial charge in [0.2, 0.25) is 5.88 Å². The van der Waals surface area contributed by atoms with E-state index in [0.29, 0.717) is 17.5 Å². The number of hydrogen-bond acceptors (Lipinski definition) is 5. The van der Waals surface area contributed by atoms with E-state index in [9.17, 15) is 13.2 Å². The number of alkyl halides is 3. The lowest BCUT2D eigenvalue weighted by Gasteiger charge is -2.37. The Labute approximate surface area is 159 Å². The van der Waals surface area contributed by atoms with Crippen molar-refractivity contribution in [1.82, 2.24) is 10.3 Å². The first-order chi connectivity index (χ1) is 12.8. The Balaban J connectivity index is 1.83. The van der Waals surface area contributed by atoms with Crippen molar-refractivity contribution in [3.05, 3.63) is 71.2 Å². The van der Waals surface area contributed by atoms with E-state index in [1.54, 1.807) is 24.4 Å². The van der Waals surface area contributed by atoms with Gasteiger partial charge < -0.3 is 14.4 Å². The topological polar surface area (TPSA) is 37.0 Å².